The zero-order valence-corrected chi connectivity index (χ0v) is 24.3. The molecule has 1 atom stereocenters. The molecule has 0 aliphatic carbocycles. The number of sulfonamides is 1. The summed E-state index contributed by atoms with van der Waals surface area (Å²) in [7, 11) is -4.07. The molecule has 0 radical (unpaired) electrons. The Morgan fingerprint density at radius 2 is 1.62 bits per heavy atom. The smallest absolute Gasteiger partial charge is 0.264 e. The van der Waals surface area contributed by atoms with E-state index in [4.69, 9.17) is 0 Å². The molecule has 0 aromatic heterocycles. The van der Waals surface area contributed by atoms with Gasteiger partial charge in [-0.1, -0.05) is 67.4 Å². The fourth-order valence-electron chi connectivity index (χ4n) is 4.26. The predicted octanol–water partition coefficient (Wildman–Crippen LogP) is 5.14. The molecule has 0 aliphatic rings. The molecule has 39 heavy (non-hydrogen) atoms. The molecule has 0 spiro atoms. The summed E-state index contributed by atoms with van der Waals surface area (Å²) in [5.74, 6) is -0.736. The maximum atomic E-state index is 14.0. The minimum absolute atomic E-state index is 0.0895. The van der Waals surface area contributed by atoms with Gasteiger partial charge < -0.3 is 10.2 Å². The van der Waals surface area contributed by atoms with Crippen LogP contribution in [0, 0.1) is 20.8 Å². The molecule has 3 rings (SSSR count). The first kappa shape index (κ1) is 29.9. The van der Waals surface area contributed by atoms with E-state index in [9.17, 15) is 18.0 Å². The quantitative estimate of drug-likeness (QED) is 0.317. The first-order chi connectivity index (χ1) is 18.5. The summed E-state index contributed by atoms with van der Waals surface area (Å²) in [5, 5.41) is 2.91. The van der Waals surface area contributed by atoms with Gasteiger partial charge in [-0.3, -0.25) is 13.9 Å². The number of benzene rings is 3. The van der Waals surface area contributed by atoms with Crippen LogP contribution < -0.4 is 9.62 Å². The lowest BCUT2D eigenvalue weighted by Crippen LogP contribution is -2.51. The van der Waals surface area contributed by atoms with Gasteiger partial charge in [-0.05, 0) is 75.1 Å². The van der Waals surface area contributed by atoms with Crippen LogP contribution in [0.15, 0.2) is 77.7 Å². The second kappa shape index (κ2) is 13.4. The van der Waals surface area contributed by atoms with Crippen molar-refractivity contribution in [2.45, 2.75) is 64.9 Å². The van der Waals surface area contributed by atoms with Gasteiger partial charge in [-0.25, -0.2) is 8.42 Å². The van der Waals surface area contributed by atoms with Crippen molar-refractivity contribution in [3.8, 4) is 0 Å². The molecule has 2 amide bonds. The van der Waals surface area contributed by atoms with Gasteiger partial charge in [0.25, 0.3) is 10.0 Å². The Morgan fingerprint density at radius 1 is 0.897 bits per heavy atom. The number of hydrogen-bond acceptors (Lipinski definition) is 4. The van der Waals surface area contributed by atoms with E-state index >= 15 is 0 Å². The fourth-order valence-corrected chi connectivity index (χ4v) is 5.68. The van der Waals surface area contributed by atoms with E-state index in [0.29, 0.717) is 12.2 Å². The van der Waals surface area contributed by atoms with E-state index in [2.05, 4.69) is 5.32 Å². The van der Waals surface area contributed by atoms with Gasteiger partial charge in [-0.15, -0.1) is 0 Å². The first-order valence-corrected chi connectivity index (χ1v) is 14.8. The van der Waals surface area contributed by atoms with Gasteiger partial charge in [-0.2, -0.15) is 0 Å². The molecule has 0 unspecified atom stereocenters. The van der Waals surface area contributed by atoms with Gasteiger partial charge >= 0.3 is 0 Å². The number of aryl methyl sites for hydroxylation is 3. The molecule has 1 N–H and O–H groups in total. The fraction of sp³-hybridized carbons (Fsp3) is 0.355. The number of amides is 2. The summed E-state index contributed by atoms with van der Waals surface area (Å²) in [6.07, 6.45) is 1.77. The molecule has 3 aromatic carbocycles. The number of carbonyl (C=O) groups excluding carboxylic acids is 2. The average molecular weight is 550 g/mol. The Bertz CT molecular complexity index is 1390. The highest BCUT2D eigenvalue weighted by atomic mass is 32.2. The molecular formula is C31H39N3O4S. The highest BCUT2D eigenvalue weighted by molar-refractivity contribution is 7.92. The topological polar surface area (TPSA) is 86.8 Å². The van der Waals surface area contributed by atoms with Crippen LogP contribution in [0.1, 0.15) is 48.9 Å². The molecule has 8 heteroatoms. The normalized spacial score (nSPS) is 12.0. The van der Waals surface area contributed by atoms with E-state index in [0.717, 1.165) is 39.4 Å². The van der Waals surface area contributed by atoms with Gasteiger partial charge in [0.05, 0.1) is 10.6 Å². The van der Waals surface area contributed by atoms with Crippen LogP contribution in [0.5, 0.6) is 0 Å². The van der Waals surface area contributed by atoms with Crippen molar-refractivity contribution < 1.29 is 18.0 Å². The van der Waals surface area contributed by atoms with Crippen LogP contribution >= 0.6 is 0 Å². The number of nitrogens with one attached hydrogen (secondary N) is 1. The first-order valence-electron chi connectivity index (χ1n) is 13.3. The van der Waals surface area contributed by atoms with E-state index in [1.807, 2.05) is 58.0 Å². The van der Waals surface area contributed by atoms with Gasteiger partial charge in [0.15, 0.2) is 0 Å². The monoisotopic (exact) mass is 549 g/mol. The summed E-state index contributed by atoms with van der Waals surface area (Å²) >= 11 is 0. The predicted molar refractivity (Wildman–Crippen MR) is 156 cm³/mol. The van der Waals surface area contributed by atoms with Crippen LogP contribution in [0.3, 0.4) is 0 Å². The Morgan fingerprint density at radius 3 is 2.26 bits per heavy atom. The van der Waals surface area contributed by atoms with Crippen LogP contribution in [0.4, 0.5) is 5.69 Å². The minimum atomic E-state index is -4.07. The molecule has 0 saturated carbocycles. The Labute approximate surface area is 232 Å². The highest BCUT2D eigenvalue weighted by Crippen LogP contribution is 2.26. The zero-order valence-electron chi connectivity index (χ0n) is 23.5. The number of nitrogens with zero attached hydrogens (tertiary/aromatic N) is 2. The summed E-state index contributed by atoms with van der Waals surface area (Å²) < 4.78 is 28.8. The number of carbonyl (C=O) groups is 2. The SMILES string of the molecule is CCCCNC(=O)[C@@H](C)N(Cc1cccc(C)c1)C(=O)CN(c1ccc(C)c(C)c1)S(=O)(=O)c1ccccc1. The van der Waals surface area contributed by atoms with Gasteiger partial charge in [0.1, 0.15) is 12.6 Å². The number of rotatable bonds is 12. The Balaban J connectivity index is 2.01. The number of anilines is 1. The molecule has 208 valence electrons. The van der Waals surface area contributed by atoms with Crippen LogP contribution in [-0.2, 0) is 26.2 Å². The molecule has 0 aliphatic heterocycles. The summed E-state index contributed by atoms with van der Waals surface area (Å²) in [4.78, 5) is 28.6. The Kier molecular flexibility index (Phi) is 10.3. The van der Waals surface area contributed by atoms with Crippen molar-refractivity contribution in [2.24, 2.45) is 0 Å². The van der Waals surface area contributed by atoms with E-state index < -0.39 is 28.5 Å². The van der Waals surface area contributed by atoms with E-state index in [-0.39, 0.29) is 17.3 Å². The van der Waals surface area contributed by atoms with Crippen molar-refractivity contribution in [3.05, 3.63) is 95.1 Å². The molecular weight excluding hydrogens is 510 g/mol. The zero-order chi connectivity index (χ0) is 28.6. The molecule has 0 heterocycles. The van der Waals surface area contributed by atoms with Crippen molar-refractivity contribution in [1.29, 1.82) is 0 Å². The maximum Gasteiger partial charge on any atom is 0.264 e. The largest absolute Gasteiger partial charge is 0.354 e. The molecule has 0 saturated heterocycles. The summed E-state index contributed by atoms with van der Waals surface area (Å²) in [6, 6.07) is 20.3. The van der Waals surface area contributed by atoms with Gasteiger partial charge in [0.2, 0.25) is 11.8 Å². The van der Waals surface area contributed by atoms with Crippen LogP contribution in [0.25, 0.3) is 0 Å². The molecule has 0 bridgehead atoms. The molecule has 0 fully saturated rings. The third-order valence-corrected chi connectivity index (χ3v) is 8.61. The summed E-state index contributed by atoms with van der Waals surface area (Å²) in [5.41, 5.74) is 4.21. The van der Waals surface area contributed by atoms with Gasteiger partial charge in [0, 0.05) is 13.1 Å². The number of hydrogen-bond donors (Lipinski definition) is 1. The lowest BCUT2D eigenvalue weighted by molar-refractivity contribution is -0.139. The third kappa shape index (κ3) is 7.69. The number of unbranched alkanes of at least 4 members (excludes halogenated alkanes) is 1. The van der Waals surface area contributed by atoms with Crippen molar-refractivity contribution in [2.75, 3.05) is 17.4 Å². The second-order valence-electron chi connectivity index (χ2n) is 9.92. The van der Waals surface area contributed by atoms with Crippen molar-refractivity contribution in [1.82, 2.24) is 10.2 Å². The van der Waals surface area contributed by atoms with Crippen LogP contribution in [0.2, 0.25) is 0 Å². The van der Waals surface area contributed by atoms with Crippen molar-refractivity contribution >= 4 is 27.5 Å². The summed E-state index contributed by atoms with van der Waals surface area (Å²) in [6.45, 7) is 9.78. The van der Waals surface area contributed by atoms with E-state index in [1.54, 1.807) is 37.3 Å². The lowest BCUT2D eigenvalue weighted by atomic mass is 10.1. The minimum Gasteiger partial charge on any atom is -0.354 e. The van der Waals surface area contributed by atoms with Crippen molar-refractivity contribution in [3.63, 3.8) is 0 Å². The van der Waals surface area contributed by atoms with E-state index in [1.165, 1.54) is 17.0 Å². The Hall–Kier alpha value is -3.65. The average Bonchev–Trinajstić information content (AvgIpc) is 2.92. The lowest BCUT2D eigenvalue weighted by Gasteiger charge is -2.32. The standard InChI is InChI=1S/C31H39N3O4S/c1-6-7-18-32-31(36)26(5)33(21-27-13-11-12-23(2)19-27)30(35)22-34(28-17-16-24(3)25(4)20-28)39(37,38)29-14-9-8-10-15-29/h8-17,19-20,26H,6-7,18,21-22H2,1-5H3,(H,32,36)/t26-/m1/s1. The molecule has 7 nitrogen and oxygen atoms in total. The highest BCUT2D eigenvalue weighted by Gasteiger charge is 2.32. The maximum absolute atomic E-state index is 14.0. The third-order valence-electron chi connectivity index (χ3n) is 6.82. The molecule has 3 aromatic rings. The second-order valence-corrected chi connectivity index (χ2v) is 11.8. The van der Waals surface area contributed by atoms with Crippen LogP contribution in [-0.4, -0.2) is 44.3 Å².